The predicted molar refractivity (Wildman–Crippen MR) is 85.5 cm³/mol. The number of aromatic nitrogens is 3. The highest BCUT2D eigenvalue weighted by molar-refractivity contribution is 5.94. The van der Waals surface area contributed by atoms with Gasteiger partial charge < -0.3 is 9.47 Å². The quantitative estimate of drug-likeness (QED) is 0.731. The average Bonchev–Trinajstić information content (AvgIpc) is 3.09. The molecule has 0 radical (unpaired) electrons. The molecule has 3 heterocycles. The van der Waals surface area contributed by atoms with E-state index in [2.05, 4.69) is 26.7 Å². The van der Waals surface area contributed by atoms with E-state index in [-0.39, 0.29) is 11.9 Å². The molecule has 1 aromatic carbocycles. The topological polar surface area (TPSA) is 51.0 Å². The summed E-state index contributed by atoms with van der Waals surface area (Å²) in [5.41, 5.74) is 1.73. The lowest BCUT2D eigenvalue weighted by molar-refractivity contribution is 0.0584. The Morgan fingerprint density at radius 2 is 1.96 bits per heavy atom. The van der Waals surface area contributed by atoms with Crippen molar-refractivity contribution in [1.29, 1.82) is 0 Å². The lowest BCUT2D eigenvalue weighted by Crippen LogP contribution is -2.41. The van der Waals surface area contributed by atoms with Gasteiger partial charge >= 0.3 is 0 Å². The zero-order valence-electron chi connectivity index (χ0n) is 12.5. The zero-order chi connectivity index (χ0) is 15.6. The molecule has 0 saturated carbocycles. The van der Waals surface area contributed by atoms with E-state index in [4.69, 9.17) is 0 Å². The molecule has 1 aliphatic rings. The van der Waals surface area contributed by atoms with Gasteiger partial charge in [0.1, 0.15) is 5.82 Å². The van der Waals surface area contributed by atoms with E-state index in [1.54, 1.807) is 30.7 Å². The van der Waals surface area contributed by atoms with Crippen LogP contribution in [0.5, 0.6) is 0 Å². The first-order valence-electron chi connectivity index (χ1n) is 7.59. The van der Waals surface area contributed by atoms with Gasteiger partial charge in [-0.2, -0.15) is 0 Å². The minimum Gasteiger partial charge on any atom is -0.331 e. The summed E-state index contributed by atoms with van der Waals surface area (Å²) in [6, 6.07) is 13.7. The number of pyridine rings is 1. The number of rotatable bonds is 2. The van der Waals surface area contributed by atoms with Crippen LogP contribution in [0.4, 0.5) is 0 Å². The Labute approximate surface area is 134 Å². The summed E-state index contributed by atoms with van der Waals surface area (Å²) >= 11 is 0. The molecule has 5 heteroatoms. The van der Waals surface area contributed by atoms with Crippen molar-refractivity contribution in [2.45, 2.75) is 19.1 Å². The molecule has 1 atom stereocenters. The molecule has 0 unspecified atom stereocenters. The van der Waals surface area contributed by atoms with Crippen molar-refractivity contribution >= 4 is 5.91 Å². The maximum atomic E-state index is 13.0. The maximum absolute atomic E-state index is 13.0. The summed E-state index contributed by atoms with van der Waals surface area (Å²) in [4.78, 5) is 23.3. The third-order valence-electron chi connectivity index (χ3n) is 4.21. The van der Waals surface area contributed by atoms with Crippen LogP contribution in [0.3, 0.4) is 0 Å². The third kappa shape index (κ3) is 2.50. The number of carbonyl (C=O) groups is 1. The number of carbonyl (C=O) groups excluding carboxylic acids is 1. The Balaban J connectivity index is 1.74. The fourth-order valence-electron chi connectivity index (χ4n) is 3.03. The van der Waals surface area contributed by atoms with Crippen molar-refractivity contribution in [2.24, 2.45) is 0 Å². The molecule has 0 aliphatic carbocycles. The van der Waals surface area contributed by atoms with Crippen LogP contribution in [0.15, 0.2) is 67.3 Å². The Hall–Kier alpha value is -2.95. The number of hydrogen-bond donors (Lipinski definition) is 0. The third-order valence-corrected chi connectivity index (χ3v) is 4.21. The highest BCUT2D eigenvalue weighted by atomic mass is 16.2. The molecule has 5 nitrogen and oxygen atoms in total. The number of benzene rings is 1. The Bertz CT molecular complexity index is 813. The average molecular weight is 304 g/mol. The molecule has 0 spiro atoms. The van der Waals surface area contributed by atoms with Gasteiger partial charge in [0, 0.05) is 31.3 Å². The van der Waals surface area contributed by atoms with Gasteiger partial charge in [0.2, 0.25) is 0 Å². The molecule has 0 saturated heterocycles. The fraction of sp³-hybridized carbons (Fsp3) is 0.167. The molecule has 2 aromatic heterocycles. The molecule has 0 N–H and O–H groups in total. The molecule has 114 valence electrons. The van der Waals surface area contributed by atoms with Crippen LogP contribution in [0.2, 0.25) is 0 Å². The summed E-state index contributed by atoms with van der Waals surface area (Å²) in [5.74, 6) is 0.899. The number of amides is 1. The smallest absolute Gasteiger partial charge is 0.256 e. The second-order valence-electron chi connectivity index (χ2n) is 5.60. The van der Waals surface area contributed by atoms with Gasteiger partial charge in [-0.15, -0.1) is 0 Å². The van der Waals surface area contributed by atoms with Crippen molar-refractivity contribution in [3.8, 4) is 0 Å². The SMILES string of the molecule is O=C(c1cccnc1)N1Cc2nccn2C[C@@H]1c1ccccc1. The van der Waals surface area contributed by atoms with Crippen molar-refractivity contribution in [1.82, 2.24) is 19.4 Å². The molecule has 1 amide bonds. The van der Waals surface area contributed by atoms with Crippen molar-refractivity contribution < 1.29 is 4.79 Å². The van der Waals surface area contributed by atoms with Crippen molar-refractivity contribution in [2.75, 3.05) is 0 Å². The van der Waals surface area contributed by atoms with Crippen LogP contribution in [0.1, 0.15) is 27.8 Å². The van der Waals surface area contributed by atoms with Crippen LogP contribution in [-0.2, 0) is 13.1 Å². The first-order chi connectivity index (χ1) is 11.3. The van der Waals surface area contributed by atoms with E-state index in [1.165, 1.54) is 0 Å². The molecular formula is C18H16N4O. The van der Waals surface area contributed by atoms with E-state index in [9.17, 15) is 4.79 Å². The van der Waals surface area contributed by atoms with Crippen LogP contribution in [0.25, 0.3) is 0 Å². The number of nitrogens with zero attached hydrogens (tertiary/aromatic N) is 4. The van der Waals surface area contributed by atoms with E-state index in [1.807, 2.05) is 29.3 Å². The van der Waals surface area contributed by atoms with Gasteiger partial charge in [-0.05, 0) is 17.7 Å². The van der Waals surface area contributed by atoms with Gasteiger partial charge in [0.25, 0.3) is 5.91 Å². The minimum absolute atomic E-state index is 0.00870. The lowest BCUT2D eigenvalue weighted by Gasteiger charge is -2.36. The lowest BCUT2D eigenvalue weighted by atomic mass is 10.0. The van der Waals surface area contributed by atoms with Gasteiger partial charge in [-0.25, -0.2) is 4.98 Å². The van der Waals surface area contributed by atoms with Gasteiger partial charge in [-0.1, -0.05) is 30.3 Å². The normalized spacial score (nSPS) is 16.9. The molecule has 23 heavy (non-hydrogen) atoms. The molecule has 1 aliphatic heterocycles. The van der Waals surface area contributed by atoms with Crippen LogP contribution < -0.4 is 0 Å². The minimum atomic E-state index is -0.0128. The molecule has 3 aromatic rings. The highest BCUT2D eigenvalue weighted by Crippen LogP contribution is 2.30. The maximum Gasteiger partial charge on any atom is 0.256 e. The summed E-state index contributed by atoms with van der Waals surface area (Å²) in [7, 11) is 0. The van der Waals surface area contributed by atoms with Crippen molar-refractivity contribution in [3.63, 3.8) is 0 Å². The van der Waals surface area contributed by atoms with E-state index in [0.717, 1.165) is 11.4 Å². The summed E-state index contributed by atoms with van der Waals surface area (Å²) in [6.45, 7) is 1.21. The van der Waals surface area contributed by atoms with Gasteiger partial charge in [0.15, 0.2) is 0 Å². The first kappa shape index (κ1) is 13.7. The monoisotopic (exact) mass is 304 g/mol. The van der Waals surface area contributed by atoms with E-state index < -0.39 is 0 Å². The van der Waals surface area contributed by atoms with Gasteiger partial charge in [-0.3, -0.25) is 9.78 Å². The van der Waals surface area contributed by atoms with E-state index >= 15 is 0 Å². The molecular weight excluding hydrogens is 288 g/mol. The number of hydrogen-bond acceptors (Lipinski definition) is 3. The van der Waals surface area contributed by atoms with Crippen molar-refractivity contribution in [3.05, 3.63) is 84.2 Å². The predicted octanol–water partition coefficient (Wildman–Crippen LogP) is 2.68. The highest BCUT2D eigenvalue weighted by Gasteiger charge is 2.31. The van der Waals surface area contributed by atoms with Crippen LogP contribution in [0, 0.1) is 0 Å². The second kappa shape index (κ2) is 5.68. The zero-order valence-corrected chi connectivity index (χ0v) is 12.5. The van der Waals surface area contributed by atoms with E-state index in [0.29, 0.717) is 18.7 Å². The Morgan fingerprint density at radius 1 is 1.09 bits per heavy atom. The molecule has 0 fully saturated rings. The Morgan fingerprint density at radius 3 is 2.74 bits per heavy atom. The van der Waals surface area contributed by atoms with Crippen LogP contribution in [-0.4, -0.2) is 25.3 Å². The largest absolute Gasteiger partial charge is 0.331 e. The summed E-state index contributed by atoms with van der Waals surface area (Å²) in [5, 5.41) is 0. The fourth-order valence-corrected chi connectivity index (χ4v) is 3.03. The summed E-state index contributed by atoms with van der Waals surface area (Å²) in [6.07, 6.45) is 7.05. The first-order valence-corrected chi connectivity index (χ1v) is 7.59. The van der Waals surface area contributed by atoms with Gasteiger partial charge in [0.05, 0.1) is 18.2 Å². The van der Waals surface area contributed by atoms with Crippen LogP contribution >= 0.6 is 0 Å². The summed E-state index contributed by atoms with van der Waals surface area (Å²) < 4.78 is 2.12. The molecule has 0 bridgehead atoms. The number of fused-ring (bicyclic) bond motifs is 1. The molecule has 4 rings (SSSR count). The number of imidazole rings is 1. The standard InChI is InChI=1S/C18H16N4O/c23-18(15-7-4-8-19-11-15)22-13-17-20-9-10-21(17)12-16(22)14-5-2-1-3-6-14/h1-11,16H,12-13H2/t16-/m1/s1. The Kier molecular flexibility index (Phi) is 3.38. The second-order valence-corrected chi connectivity index (χ2v) is 5.60.